The van der Waals surface area contributed by atoms with Crippen molar-refractivity contribution in [2.75, 3.05) is 13.1 Å². The number of ether oxygens (including phenoxy) is 1. The number of amides is 1. The van der Waals surface area contributed by atoms with Crippen molar-refractivity contribution in [1.82, 2.24) is 4.90 Å². The van der Waals surface area contributed by atoms with Crippen LogP contribution in [0.1, 0.15) is 31.2 Å². The lowest BCUT2D eigenvalue weighted by Gasteiger charge is -2.23. The summed E-state index contributed by atoms with van der Waals surface area (Å²) in [5, 5.41) is 9.14. The van der Waals surface area contributed by atoms with E-state index in [1.165, 1.54) is 0 Å². The summed E-state index contributed by atoms with van der Waals surface area (Å²) >= 11 is 0. The van der Waals surface area contributed by atoms with Gasteiger partial charge in [-0.15, -0.1) is 0 Å². The molecular weight excluding hydrogens is 282 g/mol. The maximum Gasteiger partial charge on any atom is 0.410 e. The third-order valence-corrected chi connectivity index (χ3v) is 4.95. The summed E-state index contributed by atoms with van der Waals surface area (Å²) in [5.41, 5.74) is 0.964. The van der Waals surface area contributed by atoms with E-state index in [9.17, 15) is 9.59 Å². The van der Waals surface area contributed by atoms with E-state index in [4.69, 9.17) is 9.84 Å². The Kier molecular flexibility index (Phi) is 4.05. The minimum absolute atomic E-state index is 0.00514. The molecule has 1 aromatic carbocycles. The molecule has 1 saturated heterocycles. The molecule has 1 aliphatic carbocycles. The van der Waals surface area contributed by atoms with Crippen LogP contribution in [-0.2, 0) is 16.1 Å². The number of nitrogens with zero attached hydrogens (tertiary/aromatic N) is 1. The average Bonchev–Trinajstić information content (AvgIpc) is 3.14. The van der Waals surface area contributed by atoms with Gasteiger partial charge in [0.15, 0.2) is 0 Å². The van der Waals surface area contributed by atoms with E-state index >= 15 is 0 Å². The quantitative estimate of drug-likeness (QED) is 0.932. The van der Waals surface area contributed by atoms with Gasteiger partial charge in [-0.05, 0) is 36.7 Å². The Morgan fingerprint density at radius 3 is 2.73 bits per heavy atom. The zero-order chi connectivity index (χ0) is 15.6. The first-order valence-corrected chi connectivity index (χ1v) is 7.76. The highest BCUT2D eigenvalue weighted by Gasteiger charge is 2.47. The summed E-state index contributed by atoms with van der Waals surface area (Å²) in [7, 11) is 0. The van der Waals surface area contributed by atoms with Crippen LogP contribution in [0.3, 0.4) is 0 Å². The number of hydrogen-bond acceptors (Lipinski definition) is 3. The summed E-state index contributed by atoms with van der Waals surface area (Å²) in [6.07, 6.45) is 2.90. The Bertz CT molecular complexity index is 559. The highest BCUT2D eigenvalue weighted by molar-refractivity contribution is 5.71. The Labute approximate surface area is 129 Å². The van der Waals surface area contributed by atoms with E-state index < -0.39 is 5.97 Å². The molecule has 22 heavy (non-hydrogen) atoms. The molecule has 1 aromatic rings. The Hall–Kier alpha value is -2.04. The van der Waals surface area contributed by atoms with Crippen LogP contribution in [0.25, 0.3) is 0 Å². The van der Waals surface area contributed by atoms with Crippen LogP contribution in [0.5, 0.6) is 0 Å². The smallest absolute Gasteiger partial charge is 0.410 e. The number of likely N-dealkylation sites (tertiary alicyclic amines) is 1. The largest absolute Gasteiger partial charge is 0.481 e. The monoisotopic (exact) mass is 303 g/mol. The minimum Gasteiger partial charge on any atom is -0.481 e. The van der Waals surface area contributed by atoms with E-state index in [1.54, 1.807) is 4.90 Å². The molecule has 5 nitrogen and oxygen atoms in total. The van der Waals surface area contributed by atoms with Gasteiger partial charge in [0, 0.05) is 13.1 Å². The summed E-state index contributed by atoms with van der Waals surface area (Å²) in [6, 6.07) is 9.60. The highest BCUT2D eigenvalue weighted by atomic mass is 16.6. The fraction of sp³-hybridized carbons (Fsp3) is 0.529. The molecular formula is C17H21NO4. The first kappa shape index (κ1) is 14.9. The van der Waals surface area contributed by atoms with Gasteiger partial charge in [-0.25, -0.2) is 4.79 Å². The molecule has 1 aliphatic heterocycles. The lowest BCUT2D eigenvalue weighted by Crippen LogP contribution is -2.32. The van der Waals surface area contributed by atoms with Crippen LogP contribution in [-0.4, -0.2) is 35.2 Å². The molecule has 0 radical (unpaired) electrons. The fourth-order valence-corrected chi connectivity index (χ4v) is 3.69. The molecule has 0 bridgehead atoms. The third kappa shape index (κ3) is 3.08. The summed E-state index contributed by atoms with van der Waals surface area (Å²) in [4.78, 5) is 25.0. The zero-order valence-electron chi connectivity index (χ0n) is 12.5. The molecule has 0 unspecified atom stereocenters. The summed E-state index contributed by atoms with van der Waals surface area (Å²) < 4.78 is 5.36. The Morgan fingerprint density at radius 2 is 2.05 bits per heavy atom. The molecule has 1 amide bonds. The van der Waals surface area contributed by atoms with Gasteiger partial charge < -0.3 is 14.7 Å². The summed E-state index contributed by atoms with van der Waals surface area (Å²) in [5.74, 6) is -0.956. The standard InChI is InChI=1S/C17H21NO4/c19-15(20)14-6-7-17(10-14)8-9-18(12-17)16(21)22-11-13-4-2-1-3-5-13/h1-5,14H,6-12H2,(H,19,20)/t14-,17+/m1/s1. The topological polar surface area (TPSA) is 66.8 Å². The first-order valence-electron chi connectivity index (χ1n) is 7.76. The second-order valence-electron chi connectivity index (χ2n) is 6.49. The maximum absolute atomic E-state index is 12.2. The van der Waals surface area contributed by atoms with Gasteiger partial charge in [-0.1, -0.05) is 30.3 Å². The predicted octanol–water partition coefficient (Wildman–Crippen LogP) is 2.90. The van der Waals surface area contributed by atoms with E-state index in [2.05, 4.69) is 0 Å². The van der Waals surface area contributed by atoms with E-state index in [0.717, 1.165) is 24.8 Å². The van der Waals surface area contributed by atoms with Crippen LogP contribution in [0.15, 0.2) is 30.3 Å². The van der Waals surface area contributed by atoms with Crippen molar-refractivity contribution in [3.63, 3.8) is 0 Å². The van der Waals surface area contributed by atoms with Crippen molar-refractivity contribution in [3.8, 4) is 0 Å². The second kappa shape index (κ2) is 5.99. The number of rotatable bonds is 3. The molecule has 5 heteroatoms. The van der Waals surface area contributed by atoms with Crippen molar-refractivity contribution in [1.29, 1.82) is 0 Å². The van der Waals surface area contributed by atoms with Crippen molar-refractivity contribution in [3.05, 3.63) is 35.9 Å². The average molecular weight is 303 g/mol. The van der Waals surface area contributed by atoms with Crippen LogP contribution in [0.2, 0.25) is 0 Å². The predicted molar refractivity (Wildman–Crippen MR) is 80.2 cm³/mol. The molecule has 0 aromatic heterocycles. The van der Waals surface area contributed by atoms with Crippen molar-refractivity contribution in [2.45, 2.75) is 32.3 Å². The lowest BCUT2D eigenvalue weighted by atomic mass is 9.84. The van der Waals surface area contributed by atoms with Gasteiger partial charge in [0.25, 0.3) is 0 Å². The molecule has 2 fully saturated rings. The van der Waals surface area contributed by atoms with Crippen LogP contribution in [0, 0.1) is 11.3 Å². The van der Waals surface area contributed by atoms with Gasteiger partial charge >= 0.3 is 12.1 Å². The number of benzene rings is 1. The molecule has 1 N–H and O–H groups in total. The van der Waals surface area contributed by atoms with Gasteiger partial charge in [0.2, 0.25) is 0 Å². The second-order valence-corrected chi connectivity index (χ2v) is 6.49. The van der Waals surface area contributed by atoms with E-state index in [-0.39, 0.29) is 24.0 Å². The van der Waals surface area contributed by atoms with Crippen LogP contribution < -0.4 is 0 Å². The number of carbonyl (C=O) groups is 2. The van der Waals surface area contributed by atoms with Crippen LogP contribution >= 0.6 is 0 Å². The van der Waals surface area contributed by atoms with Gasteiger partial charge in [-0.3, -0.25) is 4.79 Å². The molecule has 3 rings (SSSR count). The zero-order valence-corrected chi connectivity index (χ0v) is 12.5. The van der Waals surface area contributed by atoms with Gasteiger partial charge in [0.05, 0.1) is 5.92 Å². The van der Waals surface area contributed by atoms with Gasteiger partial charge in [-0.2, -0.15) is 0 Å². The van der Waals surface area contributed by atoms with E-state index in [1.807, 2.05) is 30.3 Å². The minimum atomic E-state index is -0.707. The Morgan fingerprint density at radius 1 is 1.27 bits per heavy atom. The normalized spacial score (nSPS) is 27.3. The molecule has 118 valence electrons. The maximum atomic E-state index is 12.2. The number of carboxylic acid groups (broad SMARTS) is 1. The van der Waals surface area contributed by atoms with Crippen LogP contribution in [0.4, 0.5) is 4.79 Å². The number of aliphatic carboxylic acids is 1. The molecule has 1 spiro atoms. The number of hydrogen-bond donors (Lipinski definition) is 1. The fourth-order valence-electron chi connectivity index (χ4n) is 3.69. The molecule has 1 heterocycles. The van der Waals surface area contributed by atoms with Crippen molar-refractivity contribution in [2.24, 2.45) is 11.3 Å². The van der Waals surface area contributed by atoms with Crippen molar-refractivity contribution >= 4 is 12.1 Å². The number of carbonyl (C=O) groups excluding carboxylic acids is 1. The molecule has 2 atom stereocenters. The highest BCUT2D eigenvalue weighted by Crippen LogP contribution is 2.48. The van der Waals surface area contributed by atoms with Crippen molar-refractivity contribution < 1.29 is 19.4 Å². The SMILES string of the molecule is O=C(O)[C@@H]1CC[C@]2(CCN(C(=O)OCc3ccccc3)C2)C1. The number of carboxylic acids is 1. The van der Waals surface area contributed by atoms with E-state index in [0.29, 0.717) is 19.5 Å². The molecule has 2 aliphatic rings. The third-order valence-electron chi connectivity index (χ3n) is 4.95. The van der Waals surface area contributed by atoms with Gasteiger partial charge in [0.1, 0.15) is 6.61 Å². The lowest BCUT2D eigenvalue weighted by molar-refractivity contribution is -0.141. The first-order chi connectivity index (χ1) is 10.6. The Balaban J connectivity index is 1.52. The summed E-state index contributed by atoms with van der Waals surface area (Å²) in [6.45, 7) is 1.57. The molecule has 1 saturated carbocycles.